The number of carbonyl (C=O) groups is 1. The van der Waals surface area contributed by atoms with Gasteiger partial charge in [0.05, 0.1) is 12.1 Å². The van der Waals surface area contributed by atoms with Crippen LogP contribution in [0.15, 0.2) is 0 Å². The highest BCUT2D eigenvalue weighted by Crippen LogP contribution is 2.10. The zero-order chi connectivity index (χ0) is 13.3. The minimum absolute atomic E-state index is 0.290. The van der Waals surface area contributed by atoms with E-state index in [4.69, 9.17) is 10.5 Å². The standard InChI is InChI=1S/C12H27N3O2/c1-5-14-12(3,11(13)16)7-8-15(6-2)9-10-17-4/h14H,5-10H2,1-4H3,(H2,13,16). The van der Waals surface area contributed by atoms with Gasteiger partial charge in [0.15, 0.2) is 0 Å². The largest absolute Gasteiger partial charge is 0.383 e. The van der Waals surface area contributed by atoms with Gasteiger partial charge in [-0.3, -0.25) is 4.79 Å². The van der Waals surface area contributed by atoms with Crippen molar-refractivity contribution >= 4 is 5.91 Å². The summed E-state index contributed by atoms with van der Waals surface area (Å²) in [5.41, 5.74) is 4.82. The van der Waals surface area contributed by atoms with Crippen molar-refractivity contribution in [2.45, 2.75) is 32.7 Å². The van der Waals surface area contributed by atoms with Gasteiger partial charge in [-0.15, -0.1) is 0 Å². The van der Waals surface area contributed by atoms with Crippen LogP contribution in [0.25, 0.3) is 0 Å². The predicted molar refractivity (Wildman–Crippen MR) is 69.9 cm³/mol. The van der Waals surface area contributed by atoms with Gasteiger partial charge in [-0.2, -0.15) is 0 Å². The first-order valence-corrected chi connectivity index (χ1v) is 6.26. The third-order valence-corrected chi connectivity index (χ3v) is 3.10. The zero-order valence-corrected chi connectivity index (χ0v) is 11.6. The molecule has 5 nitrogen and oxygen atoms in total. The molecule has 0 aliphatic carbocycles. The molecular weight excluding hydrogens is 218 g/mol. The van der Waals surface area contributed by atoms with Crippen molar-refractivity contribution in [1.82, 2.24) is 10.2 Å². The molecule has 0 aromatic carbocycles. The monoisotopic (exact) mass is 245 g/mol. The predicted octanol–water partition coefficient (Wildman–Crippen LogP) is 0.198. The molecule has 5 heteroatoms. The number of hydrogen-bond acceptors (Lipinski definition) is 4. The Balaban J connectivity index is 4.22. The lowest BCUT2D eigenvalue weighted by atomic mass is 9.96. The van der Waals surface area contributed by atoms with Crippen molar-refractivity contribution in [3.05, 3.63) is 0 Å². The molecule has 0 bridgehead atoms. The van der Waals surface area contributed by atoms with Crippen molar-refractivity contribution < 1.29 is 9.53 Å². The first-order valence-electron chi connectivity index (χ1n) is 6.26. The first kappa shape index (κ1) is 16.4. The van der Waals surface area contributed by atoms with Crippen LogP contribution in [0, 0.1) is 0 Å². The molecule has 0 spiro atoms. The quantitative estimate of drug-likeness (QED) is 0.577. The van der Waals surface area contributed by atoms with Crippen LogP contribution in [0.5, 0.6) is 0 Å². The summed E-state index contributed by atoms with van der Waals surface area (Å²) in [6.07, 6.45) is 0.716. The maximum atomic E-state index is 11.4. The van der Waals surface area contributed by atoms with E-state index in [2.05, 4.69) is 17.1 Å². The summed E-state index contributed by atoms with van der Waals surface area (Å²) in [4.78, 5) is 13.7. The summed E-state index contributed by atoms with van der Waals surface area (Å²) in [6, 6.07) is 0. The van der Waals surface area contributed by atoms with Gasteiger partial charge in [-0.25, -0.2) is 0 Å². The highest BCUT2D eigenvalue weighted by atomic mass is 16.5. The van der Waals surface area contributed by atoms with E-state index in [1.165, 1.54) is 0 Å². The lowest BCUT2D eigenvalue weighted by Gasteiger charge is -2.30. The summed E-state index contributed by atoms with van der Waals surface area (Å²) in [6.45, 7) is 10.1. The average molecular weight is 245 g/mol. The second kappa shape index (κ2) is 8.44. The average Bonchev–Trinajstić information content (AvgIpc) is 2.29. The molecular formula is C12H27N3O2. The topological polar surface area (TPSA) is 67.6 Å². The van der Waals surface area contributed by atoms with E-state index < -0.39 is 5.54 Å². The lowest BCUT2D eigenvalue weighted by molar-refractivity contribution is -0.124. The molecule has 17 heavy (non-hydrogen) atoms. The summed E-state index contributed by atoms with van der Waals surface area (Å²) >= 11 is 0. The molecule has 1 atom stereocenters. The van der Waals surface area contributed by atoms with Crippen molar-refractivity contribution in [3.63, 3.8) is 0 Å². The zero-order valence-electron chi connectivity index (χ0n) is 11.6. The highest BCUT2D eigenvalue weighted by Gasteiger charge is 2.29. The molecule has 3 N–H and O–H groups in total. The SMILES string of the molecule is CCNC(C)(CCN(CC)CCOC)C(N)=O. The van der Waals surface area contributed by atoms with Gasteiger partial charge in [0, 0.05) is 20.2 Å². The Morgan fingerprint density at radius 1 is 1.41 bits per heavy atom. The van der Waals surface area contributed by atoms with Crippen molar-refractivity contribution in [2.75, 3.05) is 39.9 Å². The van der Waals surface area contributed by atoms with Crippen molar-refractivity contribution in [2.24, 2.45) is 5.73 Å². The number of nitrogens with zero attached hydrogens (tertiary/aromatic N) is 1. The van der Waals surface area contributed by atoms with Crippen LogP contribution in [0.1, 0.15) is 27.2 Å². The number of primary amides is 1. The number of amides is 1. The molecule has 102 valence electrons. The number of hydrogen-bond donors (Lipinski definition) is 2. The molecule has 0 aromatic rings. The fourth-order valence-corrected chi connectivity index (χ4v) is 1.72. The Hall–Kier alpha value is -0.650. The number of nitrogens with two attached hydrogens (primary N) is 1. The molecule has 0 fully saturated rings. The van der Waals surface area contributed by atoms with Gasteiger partial charge in [-0.1, -0.05) is 13.8 Å². The van der Waals surface area contributed by atoms with Crippen LogP contribution < -0.4 is 11.1 Å². The van der Waals surface area contributed by atoms with E-state index in [1.807, 2.05) is 13.8 Å². The van der Waals surface area contributed by atoms with E-state index in [-0.39, 0.29) is 5.91 Å². The van der Waals surface area contributed by atoms with E-state index >= 15 is 0 Å². The van der Waals surface area contributed by atoms with Crippen molar-refractivity contribution in [3.8, 4) is 0 Å². The minimum Gasteiger partial charge on any atom is -0.383 e. The number of nitrogens with one attached hydrogen (secondary N) is 1. The number of ether oxygens (including phenoxy) is 1. The van der Waals surface area contributed by atoms with Gasteiger partial charge in [-0.05, 0) is 26.4 Å². The summed E-state index contributed by atoms with van der Waals surface area (Å²) in [5.74, 6) is -0.290. The number of methoxy groups -OCH3 is 1. The Morgan fingerprint density at radius 2 is 2.06 bits per heavy atom. The number of likely N-dealkylation sites (N-methyl/N-ethyl adjacent to an activating group) is 2. The third-order valence-electron chi connectivity index (χ3n) is 3.10. The van der Waals surface area contributed by atoms with Gasteiger partial charge in [0.2, 0.25) is 5.91 Å². The van der Waals surface area contributed by atoms with Crippen LogP contribution in [0.2, 0.25) is 0 Å². The van der Waals surface area contributed by atoms with Crippen LogP contribution in [0.3, 0.4) is 0 Å². The molecule has 0 rings (SSSR count). The molecule has 0 aliphatic heterocycles. The fraction of sp³-hybridized carbons (Fsp3) is 0.917. The normalized spacial score (nSPS) is 14.9. The molecule has 0 heterocycles. The van der Waals surface area contributed by atoms with E-state index in [0.29, 0.717) is 13.0 Å². The number of carbonyl (C=O) groups excluding carboxylic acids is 1. The van der Waals surface area contributed by atoms with Crippen LogP contribution in [-0.2, 0) is 9.53 Å². The Bertz CT molecular complexity index is 224. The van der Waals surface area contributed by atoms with Crippen LogP contribution in [0.4, 0.5) is 0 Å². The lowest BCUT2D eigenvalue weighted by Crippen LogP contribution is -2.54. The molecule has 1 unspecified atom stereocenters. The second-order valence-electron chi connectivity index (χ2n) is 4.40. The van der Waals surface area contributed by atoms with Gasteiger partial charge in [0.25, 0.3) is 0 Å². The summed E-state index contributed by atoms with van der Waals surface area (Å²) in [5, 5.41) is 3.16. The summed E-state index contributed by atoms with van der Waals surface area (Å²) < 4.78 is 5.05. The van der Waals surface area contributed by atoms with E-state index in [9.17, 15) is 4.79 Å². The highest BCUT2D eigenvalue weighted by molar-refractivity contribution is 5.84. The second-order valence-corrected chi connectivity index (χ2v) is 4.40. The fourth-order valence-electron chi connectivity index (χ4n) is 1.72. The van der Waals surface area contributed by atoms with Gasteiger partial charge < -0.3 is 20.7 Å². The Kier molecular flexibility index (Phi) is 8.12. The molecule has 0 aliphatic rings. The van der Waals surface area contributed by atoms with Gasteiger partial charge >= 0.3 is 0 Å². The maximum Gasteiger partial charge on any atom is 0.237 e. The Morgan fingerprint density at radius 3 is 2.47 bits per heavy atom. The first-order chi connectivity index (χ1) is 8.00. The molecule has 0 saturated carbocycles. The number of rotatable bonds is 10. The summed E-state index contributed by atoms with van der Waals surface area (Å²) in [7, 11) is 1.69. The van der Waals surface area contributed by atoms with Gasteiger partial charge in [0.1, 0.15) is 0 Å². The molecule has 1 amide bonds. The molecule has 0 aromatic heterocycles. The van der Waals surface area contributed by atoms with E-state index in [1.54, 1.807) is 7.11 Å². The Labute approximate surface area is 105 Å². The van der Waals surface area contributed by atoms with Crippen molar-refractivity contribution in [1.29, 1.82) is 0 Å². The third kappa shape index (κ3) is 6.00. The molecule has 0 radical (unpaired) electrons. The van der Waals surface area contributed by atoms with Crippen LogP contribution >= 0.6 is 0 Å². The smallest absolute Gasteiger partial charge is 0.237 e. The maximum absolute atomic E-state index is 11.4. The van der Waals surface area contributed by atoms with Crippen LogP contribution in [-0.4, -0.2) is 56.2 Å². The molecule has 0 saturated heterocycles. The van der Waals surface area contributed by atoms with E-state index in [0.717, 1.165) is 26.2 Å². The minimum atomic E-state index is -0.616.